The maximum Gasteiger partial charge on any atom is 0.0880 e. The molecule has 1 heterocycles. The van der Waals surface area contributed by atoms with Crippen LogP contribution in [-0.2, 0) is 0 Å². The van der Waals surface area contributed by atoms with Gasteiger partial charge >= 0.3 is 0 Å². The molecule has 0 saturated carbocycles. The highest BCUT2D eigenvalue weighted by Crippen LogP contribution is 2.37. The molecule has 0 aliphatic rings. The summed E-state index contributed by atoms with van der Waals surface area (Å²) in [5.74, 6) is 0. The molecular weight excluding hydrogens is 202 g/mol. The normalized spacial score (nSPS) is 9.20. The van der Waals surface area contributed by atoms with Crippen molar-refractivity contribution in [1.82, 2.24) is 0 Å². The average Bonchev–Trinajstić information content (AvgIpc) is 2.69. The molecule has 0 unspecified atom stereocenters. The molecule has 78 valence electrons. The molecule has 0 bridgehead atoms. The fourth-order valence-corrected chi connectivity index (χ4v) is 2.36. The van der Waals surface area contributed by atoms with E-state index < -0.39 is 0 Å². The molecule has 1 nitrogen and oxygen atoms in total. The average molecular weight is 217 g/mol. The van der Waals surface area contributed by atoms with Gasteiger partial charge < -0.3 is 0 Å². The lowest BCUT2D eigenvalue weighted by Gasteiger charge is -1.90. The van der Waals surface area contributed by atoms with Crippen molar-refractivity contribution in [2.45, 2.75) is 13.8 Å². The number of rotatable bonds is 2. The van der Waals surface area contributed by atoms with Crippen LogP contribution in [-0.4, -0.2) is 6.72 Å². The lowest BCUT2D eigenvalue weighted by Crippen LogP contribution is -1.63. The number of fused-ring (bicyclic) bond motifs is 1. The smallest absolute Gasteiger partial charge is 0.0880 e. The number of hydrogen-bond acceptors (Lipinski definition) is 2. The summed E-state index contributed by atoms with van der Waals surface area (Å²) in [6.45, 7) is 11.3. The van der Waals surface area contributed by atoms with Crippen molar-refractivity contribution >= 4 is 39.9 Å². The van der Waals surface area contributed by atoms with E-state index in [1.165, 1.54) is 4.70 Å². The summed E-state index contributed by atoms with van der Waals surface area (Å²) in [7, 11) is 0. The van der Waals surface area contributed by atoms with Crippen LogP contribution in [0.15, 0.2) is 35.8 Å². The topological polar surface area (TPSA) is 12.4 Å². The zero-order valence-corrected chi connectivity index (χ0v) is 9.97. The molecule has 0 radical (unpaired) electrons. The van der Waals surface area contributed by atoms with E-state index in [4.69, 9.17) is 0 Å². The molecule has 0 atom stereocenters. The van der Waals surface area contributed by atoms with Gasteiger partial charge in [-0.25, -0.2) is 0 Å². The number of thiophene rings is 1. The standard InChI is InChI=1S/C11H9NS.C2H6/c1-3-9-11(12-2)8-6-4-5-7-10(8)13-9;1-2/h3-7H,1-2H2;1-2H3. The highest BCUT2D eigenvalue weighted by Gasteiger charge is 2.06. The van der Waals surface area contributed by atoms with Crippen LogP contribution >= 0.6 is 11.3 Å². The monoisotopic (exact) mass is 217 g/mol. The van der Waals surface area contributed by atoms with E-state index in [9.17, 15) is 0 Å². The third-order valence-corrected chi connectivity index (χ3v) is 3.09. The van der Waals surface area contributed by atoms with Crippen molar-refractivity contribution in [2.75, 3.05) is 0 Å². The molecule has 1 aromatic carbocycles. The third kappa shape index (κ3) is 2.16. The van der Waals surface area contributed by atoms with Crippen LogP contribution < -0.4 is 0 Å². The summed E-state index contributed by atoms with van der Waals surface area (Å²) in [5.41, 5.74) is 0.954. The third-order valence-electron chi connectivity index (χ3n) is 1.94. The summed E-state index contributed by atoms with van der Waals surface area (Å²) in [4.78, 5) is 5.11. The maximum absolute atomic E-state index is 4.02. The predicted molar refractivity (Wildman–Crippen MR) is 72.5 cm³/mol. The van der Waals surface area contributed by atoms with Crippen LogP contribution in [0, 0.1) is 0 Å². The second-order valence-electron chi connectivity index (χ2n) is 2.67. The van der Waals surface area contributed by atoms with Gasteiger partial charge in [-0.1, -0.05) is 38.6 Å². The Morgan fingerprint density at radius 3 is 2.53 bits per heavy atom. The molecule has 0 spiro atoms. The van der Waals surface area contributed by atoms with Gasteiger partial charge in [0.15, 0.2) is 0 Å². The highest BCUT2D eigenvalue weighted by molar-refractivity contribution is 7.20. The van der Waals surface area contributed by atoms with E-state index in [0.29, 0.717) is 0 Å². The van der Waals surface area contributed by atoms with Gasteiger partial charge in [0.2, 0.25) is 0 Å². The predicted octanol–water partition coefficient (Wildman–Crippen LogP) is 4.90. The van der Waals surface area contributed by atoms with Crippen molar-refractivity contribution in [1.29, 1.82) is 0 Å². The Morgan fingerprint density at radius 2 is 1.93 bits per heavy atom. The Morgan fingerprint density at radius 1 is 1.27 bits per heavy atom. The number of aliphatic imine (C=N–C) groups is 1. The van der Waals surface area contributed by atoms with E-state index in [-0.39, 0.29) is 0 Å². The van der Waals surface area contributed by atoms with Gasteiger partial charge in [-0.15, -0.1) is 11.3 Å². The Hall–Kier alpha value is -1.41. The molecular formula is C13H15NS. The number of benzene rings is 1. The van der Waals surface area contributed by atoms with Gasteiger partial charge in [0, 0.05) is 10.1 Å². The van der Waals surface area contributed by atoms with Crippen LogP contribution in [0.4, 0.5) is 5.69 Å². The molecule has 0 aliphatic heterocycles. The maximum atomic E-state index is 4.02. The highest BCUT2D eigenvalue weighted by atomic mass is 32.1. The first-order valence-electron chi connectivity index (χ1n) is 4.97. The lowest BCUT2D eigenvalue weighted by atomic mass is 10.2. The van der Waals surface area contributed by atoms with E-state index in [2.05, 4.69) is 30.4 Å². The van der Waals surface area contributed by atoms with Gasteiger partial charge in [0.05, 0.1) is 10.6 Å². The van der Waals surface area contributed by atoms with E-state index in [1.54, 1.807) is 11.3 Å². The number of nitrogens with zero attached hydrogens (tertiary/aromatic N) is 1. The van der Waals surface area contributed by atoms with E-state index in [0.717, 1.165) is 16.0 Å². The van der Waals surface area contributed by atoms with E-state index in [1.807, 2.05) is 32.1 Å². The van der Waals surface area contributed by atoms with Gasteiger partial charge in [0.1, 0.15) is 0 Å². The minimum atomic E-state index is 0.954. The van der Waals surface area contributed by atoms with Crippen molar-refractivity contribution in [3.8, 4) is 0 Å². The molecule has 0 aliphatic carbocycles. The van der Waals surface area contributed by atoms with Crippen LogP contribution in [0.3, 0.4) is 0 Å². The van der Waals surface area contributed by atoms with Crippen LogP contribution in [0.25, 0.3) is 16.2 Å². The van der Waals surface area contributed by atoms with Crippen molar-refractivity contribution in [2.24, 2.45) is 4.99 Å². The first-order valence-corrected chi connectivity index (χ1v) is 5.79. The summed E-state index contributed by atoms with van der Waals surface area (Å²) in [5, 5.41) is 1.16. The van der Waals surface area contributed by atoms with Crippen LogP contribution in [0.1, 0.15) is 18.7 Å². The Kier molecular flexibility index (Phi) is 4.25. The molecule has 2 rings (SSSR count). The summed E-state index contributed by atoms with van der Waals surface area (Å²) < 4.78 is 1.24. The molecule has 2 heteroatoms. The Bertz CT molecular complexity index is 468. The van der Waals surface area contributed by atoms with Gasteiger partial charge in [-0.3, -0.25) is 4.99 Å². The minimum Gasteiger partial charge on any atom is -0.262 e. The zero-order chi connectivity index (χ0) is 11.3. The summed E-state index contributed by atoms with van der Waals surface area (Å²) in [6.07, 6.45) is 1.83. The molecule has 15 heavy (non-hydrogen) atoms. The molecule has 0 N–H and O–H groups in total. The Balaban J connectivity index is 0.000000531. The van der Waals surface area contributed by atoms with E-state index >= 15 is 0 Å². The first-order chi connectivity index (χ1) is 7.36. The molecule has 2 aromatic rings. The minimum absolute atomic E-state index is 0.954. The van der Waals surface area contributed by atoms with Crippen molar-refractivity contribution in [3.63, 3.8) is 0 Å². The van der Waals surface area contributed by atoms with Crippen LogP contribution in [0.2, 0.25) is 0 Å². The first kappa shape index (κ1) is 11.7. The van der Waals surface area contributed by atoms with Crippen molar-refractivity contribution < 1.29 is 0 Å². The SMILES string of the molecule is C=Cc1sc2ccccc2c1N=C.CC. The molecule has 0 fully saturated rings. The van der Waals surface area contributed by atoms with Gasteiger partial charge in [-0.05, 0) is 18.9 Å². The second-order valence-corrected chi connectivity index (χ2v) is 3.76. The largest absolute Gasteiger partial charge is 0.262 e. The fourth-order valence-electron chi connectivity index (χ4n) is 1.35. The van der Waals surface area contributed by atoms with Crippen molar-refractivity contribution in [3.05, 3.63) is 35.7 Å². The second kappa shape index (κ2) is 5.47. The zero-order valence-electron chi connectivity index (χ0n) is 9.16. The lowest BCUT2D eigenvalue weighted by molar-refractivity contribution is 1.50. The Labute approximate surface area is 94.8 Å². The number of hydrogen-bond donors (Lipinski definition) is 0. The fraction of sp³-hybridized carbons (Fsp3) is 0.154. The summed E-state index contributed by atoms with van der Waals surface area (Å²) in [6, 6.07) is 8.18. The summed E-state index contributed by atoms with van der Waals surface area (Å²) >= 11 is 1.70. The van der Waals surface area contributed by atoms with Crippen LogP contribution in [0.5, 0.6) is 0 Å². The molecule has 0 amide bonds. The molecule has 0 saturated heterocycles. The quantitative estimate of drug-likeness (QED) is 0.634. The van der Waals surface area contributed by atoms with Gasteiger partial charge in [0.25, 0.3) is 0 Å². The molecule has 1 aromatic heterocycles. The van der Waals surface area contributed by atoms with Gasteiger partial charge in [-0.2, -0.15) is 0 Å².